The Labute approximate surface area is 113 Å². The predicted molar refractivity (Wildman–Crippen MR) is 62.5 cm³/mol. The second-order valence-corrected chi connectivity index (χ2v) is 4.57. The SMILES string of the molecule is O=C(O)C1(c2ccc(OC(F)(F)F)cc2)CCOCC1. The molecule has 1 fully saturated rings. The normalized spacial score (nSPS) is 18.6. The van der Waals surface area contributed by atoms with E-state index in [-0.39, 0.29) is 5.75 Å². The van der Waals surface area contributed by atoms with Crippen molar-refractivity contribution in [3.05, 3.63) is 29.8 Å². The molecule has 1 heterocycles. The predicted octanol–water partition coefficient (Wildman–Crippen LogP) is 2.72. The van der Waals surface area contributed by atoms with Gasteiger partial charge in [-0.1, -0.05) is 12.1 Å². The Morgan fingerprint density at radius 2 is 1.75 bits per heavy atom. The third-order valence-corrected chi connectivity index (χ3v) is 3.40. The molecule has 0 aliphatic carbocycles. The first-order valence-electron chi connectivity index (χ1n) is 6.01. The summed E-state index contributed by atoms with van der Waals surface area (Å²) in [6.45, 7) is 0.625. The third-order valence-electron chi connectivity index (χ3n) is 3.40. The van der Waals surface area contributed by atoms with Crippen molar-refractivity contribution in [1.29, 1.82) is 0 Å². The van der Waals surface area contributed by atoms with Gasteiger partial charge in [0, 0.05) is 13.2 Å². The molecule has 0 saturated carbocycles. The standard InChI is InChI=1S/C13H13F3O4/c14-13(15,16)20-10-3-1-9(2-4-10)12(11(17)18)5-7-19-8-6-12/h1-4H,5-8H2,(H,17,18). The number of carboxylic acid groups (broad SMARTS) is 1. The number of hydrogen-bond acceptors (Lipinski definition) is 3. The van der Waals surface area contributed by atoms with Crippen LogP contribution in [0.25, 0.3) is 0 Å². The molecule has 0 spiro atoms. The number of carboxylic acids is 1. The smallest absolute Gasteiger partial charge is 0.481 e. The number of alkyl halides is 3. The van der Waals surface area contributed by atoms with Gasteiger partial charge in [-0.15, -0.1) is 13.2 Å². The molecule has 2 rings (SSSR count). The third kappa shape index (κ3) is 3.04. The molecule has 7 heteroatoms. The molecule has 110 valence electrons. The van der Waals surface area contributed by atoms with Gasteiger partial charge in [0.25, 0.3) is 0 Å². The lowest BCUT2D eigenvalue weighted by Gasteiger charge is -2.33. The second kappa shape index (κ2) is 5.32. The van der Waals surface area contributed by atoms with Crippen molar-refractivity contribution in [2.45, 2.75) is 24.6 Å². The zero-order chi connectivity index (χ0) is 14.8. The summed E-state index contributed by atoms with van der Waals surface area (Å²) in [5, 5.41) is 9.43. The highest BCUT2D eigenvalue weighted by Crippen LogP contribution is 2.36. The van der Waals surface area contributed by atoms with Crippen LogP contribution >= 0.6 is 0 Å². The maximum absolute atomic E-state index is 12.1. The maximum atomic E-state index is 12.1. The first kappa shape index (κ1) is 14.6. The Morgan fingerprint density at radius 3 is 2.20 bits per heavy atom. The average molecular weight is 290 g/mol. The summed E-state index contributed by atoms with van der Waals surface area (Å²) >= 11 is 0. The fourth-order valence-corrected chi connectivity index (χ4v) is 2.32. The van der Waals surface area contributed by atoms with Gasteiger partial charge < -0.3 is 14.6 Å². The molecule has 1 aliphatic rings. The molecule has 0 aromatic heterocycles. The van der Waals surface area contributed by atoms with E-state index in [1.165, 1.54) is 12.1 Å². The quantitative estimate of drug-likeness (QED) is 0.930. The summed E-state index contributed by atoms with van der Waals surface area (Å²) in [4.78, 5) is 11.5. The van der Waals surface area contributed by atoms with Gasteiger partial charge in [-0.2, -0.15) is 0 Å². The fourth-order valence-electron chi connectivity index (χ4n) is 2.32. The number of benzene rings is 1. The molecule has 0 unspecified atom stereocenters. The van der Waals surface area contributed by atoms with E-state index < -0.39 is 17.7 Å². The molecule has 4 nitrogen and oxygen atoms in total. The first-order valence-corrected chi connectivity index (χ1v) is 6.01. The molecular formula is C13H13F3O4. The molecule has 1 saturated heterocycles. The maximum Gasteiger partial charge on any atom is 0.573 e. The second-order valence-electron chi connectivity index (χ2n) is 4.57. The van der Waals surface area contributed by atoms with Crippen molar-refractivity contribution >= 4 is 5.97 Å². The van der Waals surface area contributed by atoms with Crippen LogP contribution in [0.4, 0.5) is 13.2 Å². The van der Waals surface area contributed by atoms with Crippen molar-refractivity contribution in [3.63, 3.8) is 0 Å². The number of ether oxygens (including phenoxy) is 2. The van der Waals surface area contributed by atoms with E-state index in [0.717, 1.165) is 12.1 Å². The van der Waals surface area contributed by atoms with E-state index in [1.54, 1.807) is 0 Å². The van der Waals surface area contributed by atoms with Crippen LogP contribution in [0.2, 0.25) is 0 Å². The van der Waals surface area contributed by atoms with Crippen molar-refractivity contribution in [1.82, 2.24) is 0 Å². The Bertz CT molecular complexity index is 475. The highest BCUT2D eigenvalue weighted by Gasteiger charge is 2.42. The molecule has 20 heavy (non-hydrogen) atoms. The lowest BCUT2D eigenvalue weighted by Crippen LogP contribution is -2.41. The monoisotopic (exact) mass is 290 g/mol. The van der Waals surface area contributed by atoms with E-state index >= 15 is 0 Å². The fraction of sp³-hybridized carbons (Fsp3) is 0.462. The number of halogens is 3. The van der Waals surface area contributed by atoms with Crippen LogP contribution in [-0.2, 0) is 14.9 Å². The first-order chi connectivity index (χ1) is 9.33. The van der Waals surface area contributed by atoms with Gasteiger partial charge in [0.05, 0.1) is 5.41 Å². The van der Waals surface area contributed by atoms with Crippen molar-refractivity contribution in [2.75, 3.05) is 13.2 Å². The van der Waals surface area contributed by atoms with Crippen molar-refractivity contribution in [3.8, 4) is 5.75 Å². The van der Waals surface area contributed by atoms with Gasteiger partial charge in [0.1, 0.15) is 5.75 Å². The minimum Gasteiger partial charge on any atom is -0.481 e. The van der Waals surface area contributed by atoms with Crippen molar-refractivity contribution < 1.29 is 32.5 Å². The molecule has 1 aromatic carbocycles. The van der Waals surface area contributed by atoms with E-state index in [2.05, 4.69) is 4.74 Å². The molecular weight excluding hydrogens is 277 g/mol. The van der Waals surface area contributed by atoms with Crippen LogP contribution in [0.15, 0.2) is 24.3 Å². The highest BCUT2D eigenvalue weighted by atomic mass is 19.4. The molecule has 1 aliphatic heterocycles. The van der Waals surface area contributed by atoms with Crippen LogP contribution in [0.3, 0.4) is 0 Å². The van der Waals surface area contributed by atoms with Crippen LogP contribution in [0, 0.1) is 0 Å². The van der Waals surface area contributed by atoms with Gasteiger partial charge in [-0.25, -0.2) is 0 Å². The summed E-state index contributed by atoms with van der Waals surface area (Å²) in [6.07, 6.45) is -4.17. The summed E-state index contributed by atoms with van der Waals surface area (Å²) in [5.74, 6) is -1.36. The van der Waals surface area contributed by atoms with Crippen molar-refractivity contribution in [2.24, 2.45) is 0 Å². The Morgan fingerprint density at radius 1 is 1.20 bits per heavy atom. The van der Waals surface area contributed by atoms with E-state index in [0.29, 0.717) is 31.6 Å². The average Bonchev–Trinajstić information content (AvgIpc) is 2.38. The van der Waals surface area contributed by atoms with Crippen LogP contribution < -0.4 is 4.74 Å². The van der Waals surface area contributed by atoms with Crippen LogP contribution in [0.1, 0.15) is 18.4 Å². The van der Waals surface area contributed by atoms with Gasteiger partial charge in [0.2, 0.25) is 0 Å². The van der Waals surface area contributed by atoms with Gasteiger partial charge in [0.15, 0.2) is 0 Å². The molecule has 1 aromatic rings. The topological polar surface area (TPSA) is 55.8 Å². The minimum absolute atomic E-state index is 0.293. The number of aliphatic carboxylic acids is 1. The number of rotatable bonds is 3. The summed E-state index contributed by atoms with van der Waals surface area (Å²) in [6, 6.07) is 4.98. The zero-order valence-corrected chi connectivity index (χ0v) is 10.4. The Balaban J connectivity index is 2.25. The summed E-state index contributed by atoms with van der Waals surface area (Å²) in [7, 11) is 0. The molecule has 0 atom stereocenters. The van der Waals surface area contributed by atoms with Gasteiger partial charge >= 0.3 is 12.3 Å². The number of carbonyl (C=O) groups is 1. The Kier molecular flexibility index (Phi) is 3.89. The largest absolute Gasteiger partial charge is 0.573 e. The minimum atomic E-state index is -4.76. The summed E-state index contributed by atoms with van der Waals surface area (Å²) < 4.78 is 45.1. The van der Waals surface area contributed by atoms with Gasteiger partial charge in [-0.05, 0) is 30.5 Å². The molecule has 0 amide bonds. The van der Waals surface area contributed by atoms with Gasteiger partial charge in [-0.3, -0.25) is 4.79 Å². The highest BCUT2D eigenvalue weighted by molar-refractivity contribution is 5.81. The van der Waals surface area contributed by atoms with E-state index in [9.17, 15) is 23.1 Å². The van der Waals surface area contributed by atoms with E-state index in [4.69, 9.17) is 4.74 Å². The summed E-state index contributed by atoms with van der Waals surface area (Å²) in [5.41, 5.74) is -0.641. The van der Waals surface area contributed by atoms with E-state index in [1.807, 2.05) is 0 Å². The molecule has 0 bridgehead atoms. The lowest BCUT2D eigenvalue weighted by molar-refractivity contribution is -0.274. The van der Waals surface area contributed by atoms with Crippen LogP contribution in [0.5, 0.6) is 5.75 Å². The Hall–Kier alpha value is -1.76. The van der Waals surface area contributed by atoms with Crippen LogP contribution in [-0.4, -0.2) is 30.7 Å². The lowest BCUT2D eigenvalue weighted by atomic mass is 9.74. The molecule has 0 radical (unpaired) electrons. The zero-order valence-electron chi connectivity index (χ0n) is 10.4. The molecule has 1 N–H and O–H groups in total. The number of hydrogen-bond donors (Lipinski definition) is 1.